The lowest BCUT2D eigenvalue weighted by Gasteiger charge is -2.15. The second kappa shape index (κ2) is 8.58. The summed E-state index contributed by atoms with van der Waals surface area (Å²) in [7, 11) is 0. The van der Waals surface area contributed by atoms with Crippen LogP contribution in [0.5, 0.6) is 5.75 Å². The van der Waals surface area contributed by atoms with Crippen LogP contribution in [-0.4, -0.2) is 21.5 Å². The van der Waals surface area contributed by atoms with Gasteiger partial charge in [0.15, 0.2) is 5.82 Å². The van der Waals surface area contributed by atoms with Gasteiger partial charge in [0.05, 0.1) is 18.2 Å². The number of nitrogens with one attached hydrogen (secondary N) is 2. The Hall–Kier alpha value is -2.02. The number of aromatic amines is 1. The Bertz CT molecular complexity index is 940. The molecule has 3 aromatic rings. The summed E-state index contributed by atoms with van der Waals surface area (Å²) < 4.78 is 7.99. The lowest BCUT2D eigenvalue weighted by atomic mass is 10.2. The van der Waals surface area contributed by atoms with E-state index in [0.717, 1.165) is 17.5 Å². The third kappa shape index (κ3) is 4.20. The molecule has 5 nitrogen and oxygen atoms in total. The molecule has 0 aliphatic heterocycles. The van der Waals surface area contributed by atoms with Crippen molar-refractivity contribution in [2.75, 3.05) is 12.0 Å². The van der Waals surface area contributed by atoms with Crippen molar-refractivity contribution >= 4 is 35.4 Å². The number of benzene rings is 2. The summed E-state index contributed by atoms with van der Waals surface area (Å²) in [5.41, 5.74) is 5.06. The standard InChI is InChI=1S/C18H18Cl2N4OS/c1-2-8-25-16-13(9-14(19)10-15(16)20)11-21-24-17(22-23-18(24)26)12-6-4-3-5-7-12/h3-7,9-10,21H,2,8,11H2,1H3,(H,23,26). The Morgan fingerprint density at radius 1 is 1.23 bits per heavy atom. The van der Waals surface area contributed by atoms with E-state index in [1.807, 2.05) is 43.3 Å². The van der Waals surface area contributed by atoms with Gasteiger partial charge >= 0.3 is 0 Å². The molecular formula is C18H18Cl2N4OS. The first-order valence-electron chi connectivity index (χ1n) is 8.17. The molecule has 1 aromatic heterocycles. The molecule has 0 aliphatic carbocycles. The van der Waals surface area contributed by atoms with Crippen LogP contribution in [0, 0.1) is 4.77 Å². The number of hydrogen-bond donors (Lipinski definition) is 2. The highest BCUT2D eigenvalue weighted by molar-refractivity contribution is 7.71. The summed E-state index contributed by atoms with van der Waals surface area (Å²) in [6, 6.07) is 13.3. The monoisotopic (exact) mass is 408 g/mol. The smallest absolute Gasteiger partial charge is 0.214 e. The fourth-order valence-electron chi connectivity index (χ4n) is 2.50. The van der Waals surface area contributed by atoms with Crippen molar-refractivity contribution < 1.29 is 4.74 Å². The van der Waals surface area contributed by atoms with Gasteiger partial charge in [-0.3, -0.25) is 0 Å². The number of aromatic nitrogens is 3. The van der Waals surface area contributed by atoms with Gasteiger partial charge in [-0.1, -0.05) is 60.5 Å². The molecule has 2 aromatic carbocycles. The minimum absolute atomic E-state index is 0.424. The zero-order chi connectivity index (χ0) is 18.5. The molecule has 0 saturated carbocycles. The molecule has 0 radical (unpaired) electrons. The van der Waals surface area contributed by atoms with Gasteiger partial charge in [0.25, 0.3) is 0 Å². The molecule has 1 heterocycles. The van der Waals surface area contributed by atoms with Gasteiger partial charge in [-0.15, -0.1) is 0 Å². The zero-order valence-electron chi connectivity index (χ0n) is 14.1. The largest absolute Gasteiger partial charge is 0.492 e. The highest BCUT2D eigenvalue weighted by Crippen LogP contribution is 2.33. The molecule has 0 fully saturated rings. The van der Waals surface area contributed by atoms with E-state index in [-0.39, 0.29) is 0 Å². The van der Waals surface area contributed by atoms with Crippen molar-refractivity contribution in [2.24, 2.45) is 0 Å². The summed E-state index contributed by atoms with van der Waals surface area (Å²) in [5.74, 6) is 1.32. The van der Waals surface area contributed by atoms with E-state index in [1.165, 1.54) is 0 Å². The fourth-order valence-corrected chi connectivity index (χ4v) is 3.29. The van der Waals surface area contributed by atoms with E-state index in [0.29, 0.717) is 39.5 Å². The summed E-state index contributed by atoms with van der Waals surface area (Å²) in [5, 5.41) is 8.16. The van der Waals surface area contributed by atoms with E-state index < -0.39 is 0 Å². The Morgan fingerprint density at radius 3 is 2.73 bits per heavy atom. The average Bonchev–Trinajstić information content (AvgIpc) is 3.00. The summed E-state index contributed by atoms with van der Waals surface area (Å²) >= 11 is 17.8. The Kier molecular flexibility index (Phi) is 6.19. The molecule has 0 aliphatic rings. The predicted molar refractivity (Wildman–Crippen MR) is 108 cm³/mol. The van der Waals surface area contributed by atoms with Crippen LogP contribution in [-0.2, 0) is 6.54 Å². The minimum atomic E-state index is 0.424. The van der Waals surface area contributed by atoms with Crippen LogP contribution in [0.2, 0.25) is 10.0 Å². The van der Waals surface area contributed by atoms with E-state index in [1.54, 1.807) is 10.7 Å². The van der Waals surface area contributed by atoms with Gasteiger partial charge < -0.3 is 10.2 Å². The van der Waals surface area contributed by atoms with Crippen molar-refractivity contribution in [3.8, 4) is 17.1 Å². The highest BCUT2D eigenvalue weighted by Gasteiger charge is 2.13. The Morgan fingerprint density at radius 2 is 2.00 bits per heavy atom. The van der Waals surface area contributed by atoms with Crippen molar-refractivity contribution in [1.82, 2.24) is 14.9 Å². The maximum absolute atomic E-state index is 6.31. The van der Waals surface area contributed by atoms with Crippen LogP contribution in [0.15, 0.2) is 42.5 Å². The molecular weight excluding hydrogens is 391 g/mol. The Balaban J connectivity index is 1.89. The average molecular weight is 409 g/mol. The van der Waals surface area contributed by atoms with Crippen molar-refractivity contribution in [3.05, 3.63) is 62.8 Å². The SMILES string of the molecule is CCCOc1c(Cl)cc(Cl)cc1CNn1c(-c2ccccc2)n[nH]c1=S. The number of rotatable bonds is 7. The molecule has 3 rings (SSSR count). The minimum Gasteiger partial charge on any atom is -0.492 e. The Labute approximate surface area is 166 Å². The number of H-pyrrole nitrogens is 1. The molecule has 0 saturated heterocycles. The summed E-state index contributed by atoms with van der Waals surface area (Å²) in [6.45, 7) is 3.04. The highest BCUT2D eigenvalue weighted by atomic mass is 35.5. The van der Waals surface area contributed by atoms with E-state index in [2.05, 4.69) is 15.6 Å². The maximum Gasteiger partial charge on any atom is 0.214 e. The van der Waals surface area contributed by atoms with E-state index >= 15 is 0 Å². The first-order chi connectivity index (χ1) is 12.6. The van der Waals surface area contributed by atoms with Gasteiger partial charge in [0, 0.05) is 16.1 Å². The molecule has 0 amide bonds. The van der Waals surface area contributed by atoms with Crippen molar-refractivity contribution in [1.29, 1.82) is 0 Å². The summed E-state index contributed by atoms with van der Waals surface area (Å²) in [6.07, 6.45) is 0.886. The predicted octanol–water partition coefficient (Wildman–Crippen LogP) is 5.45. The molecule has 0 atom stereocenters. The third-order valence-corrected chi connectivity index (χ3v) is 4.44. The van der Waals surface area contributed by atoms with Crippen LogP contribution in [0.1, 0.15) is 18.9 Å². The number of ether oxygens (including phenoxy) is 1. The number of halogens is 2. The number of hydrogen-bond acceptors (Lipinski definition) is 4. The van der Waals surface area contributed by atoms with Gasteiger partial charge in [0.1, 0.15) is 5.75 Å². The first-order valence-corrected chi connectivity index (χ1v) is 9.34. The second-order valence-corrected chi connectivity index (χ2v) is 6.84. The van der Waals surface area contributed by atoms with E-state index in [4.69, 9.17) is 40.2 Å². The van der Waals surface area contributed by atoms with Gasteiger partial charge in [-0.25, -0.2) is 9.77 Å². The maximum atomic E-state index is 6.31. The van der Waals surface area contributed by atoms with Crippen LogP contribution in [0.3, 0.4) is 0 Å². The molecule has 0 unspecified atom stereocenters. The van der Waals surface area contributed by atoms with Crippen molar-refractivity contribution in [2.45, 2.75) is 19.9 Å². The number of nitrogens with zero attached hydrogens (tertiary/aromatic N) is 2. The first kappa shape index (κ1) is 18.8. The molecule has 8 heteroatoms. The van der Waals surface area contributed by atoms with Crippen LogP contribution in [0.25, 0.3) is 11.4 Å². The normalized spacial score (nSPS) is 10.7. The topological polar surface area (TPSA) is 54.9 Å². The van der Waals surface area contributed by atoms with Crippen LogP contribution >= 0.6 is 35.4 Å². The zero-order valence-corrected chi connectivity index (χ0v) is 16.5. The van der Waals surface area contributed by atoms with E-state index in [9.17, 15) is 0 Å². The lowest BCUT2D eigenvalue weighted by molar-refractivity contribution is 0.314. The van der Waals surface area contributed by atoms with Gasteiger partial charge in [-0.2, -0.15) is 5.10 Å². The quantitative estimate of drug-likeness (QED) is 0.510. The van der Waals surface area contributed by atoms with Gasteiger partial charge in [-0.05, 0) is 30.8 Å². The molecule has 136 valence electrons. The molecule has 0 bridgehead atoms. The van der Waals surface area contributed by atoms with Crippen molar-refractivity contribution in [3.63, 3.8) is 0 Å². The lowest BCUT2D eigenvalue weighted by Crippen LogP contribution is -2.16. The van der Waals surface area contributed by atoms with Gasteiger partial charge in [0.2, 0.25) is 4.77 Å². The molecule has 26 heavy (non-hydrogen) atoms. The second-order valence-electron chi connectivity index (χ2n) is 5.61. The molecule has 2 N–H and O–H groups in total. The van der Waals surface area contributed by atoms with Crippen LogP contribution < -0.4 is 10.2 Å². The molecule has 0 spiro atoms. The third-order valence-electron chi connectivity index (χ3n) is 3.67. The summed E-state index contributed by atoms with van der Waals surface area (Å²) in [4.78, 5) is 0. The fraction of sp³-hybridized carbons (Fsp3) is 0.222. The van der Waals surface area contributed by atoms with Crippen LogP contribution in [0.4, 0.5) is 0 Å².